The summed E-state index contributed by atoms with van der Waals surface area (Å²) in [5.41, 5.74) is 7.22. The van der Waals surface area contributed by atoms with E-state index in [9.17, 15) is 8.78 Å². The van der Waals surface area contributed by atoms with Gasteiger partial charge in [0, 0.05) is 28.2 Å². The van der Waals surface area contributed by atoms with Crippen LogP contribution in [0.3, 0.4) is 0 Å². The van der Waals surface area contributed by atoms with E-state index in [2.05, 4.69) is 65.6 Å². The third kappa shape index (κ3) is 4.38. The molecule has 0 bridgehead atoms. The molecule has 0 N–H and O–H groups in total. The van der Waals surface area contributed by atoms with E-state index in [1.165, 1.54) is 12.1 Å². The van der Waals surface area contributed by atoms with Crippen LogP contribution in [0.4, 0.5) is 25.8 Å². The van der Waals surface area contributed by atoms with Crippen molar-refractivity contribution in [3.8, 4) is 5.69 Å². The van der Waals surface area contributed by atoms with Crippen molar-refractivity contribution in [3.05, 3.63) is 163 Å². The second-order valence-electron chi connectivity index (χ2n) is 10.8. The van der Waals surface area contributed by atoms with Gasteiger partial charge in [0.1, 0.15) is 11.6 Å². The molecule has 0 aliphatic heterocycles. The fourth-order valence-electron chi connectivity index (χ4n) is 6.21. The fourth-order valence-corrected chi connectivity index (χ4v) is 6.21. The molecule has 0 atom stereocenters. The van der Waals surface area contributed by atoms with Gasteiger partial charge in [0.25, 0.3) is 0 Å². The van der Waals surface area contributed by atoms with Crippen molar-refractivity contribution in [2.45, 2.75) is 0 Å². The van der Waals surface area contributed by atoms with E-state index in [0.29, 0.717) is 5.69 Å². The Labute approximate surface area is 252 Å². The Morgan fingerprint density at radius 1 is 0.568 bits per heavy atom. The number of halogens is 2. The van der Waals surface area contributed by atoms with Gasteiger partial charge in [0.05, 0.1) is 34.3 Å². The van der Waals surface area contributed by atoms with Crippen molar-refractivity contribution in [2.75, 3.05) is 4.90 Å². The number of hydrogen-bond donors (Lipinski definition) is 0. The second kappa shape index (κ2) is 10.5. The Morgan fingerprint density at radius 2 is 1.27 bits per heavy atom. The van der Waals surface area contributed by atoms with Gasteiger partial charge in [-0.15, -0.1) is 0 Å². The molecule has 0 fully saturated rings. The average molecular weight is 574 g/mol. The zero-order chi connectivity index (χ0) is 29.6. The summed E-state index contributed by atoms with van der Waals surface area (Å²) in [5.74, 6) is -1.21. The SMILES string of the molecule is Fc1cc(F)cc(-n2c3cccc4ccc5c(C=Cc6ccc(N(c7ccccc7)c7ccccc7)cn6)ccc2c5c43)c1. The number of aromatic nitrogens is 2. The first-order valence-corrected chi connectivity index (χ1v) is 14.4. The Kier molecular flexibility index (Phi) is 6.16. The summed E-state index contributed by atoms with van der Waals surface area (Å²) in [5, 5.41) is 4.28. The Balaban J connectivity index is 1.19. The predicted octanol–water partition coefficient (Wildman–Crippen LogP) is 10.7. The van der Waals surface area contributed by atoms with E-state index in [4.69, 9.17) is 4.98 Å². The molecule has 0 aliphatic carbocycles. The fraction of sp³-hybridized carbons (Fsp3) is 0. The Hall–Kier alpha value is -5.81. The molecule has 0 saturated heterocycles. The van der Waals surface area contributed by atoms with Crippen molar-refractivity contribution < 1.29 is 8.78 Å². The summed E-state index contributed by atoms with van der Waals surface area (Å²) in [7, 11) is 0. The number of hydrogen-bond acceptors (Lipinski definition) is 2. The zero-order valence-electron chi connectivity index (χ0n) is 23.5. The van der Waals surface area contributed by atoms with Crippen LogP contribution in [0.15, 0.2) is 140 Å². The highest BCUT2D eigenvalue weighted by Crippen LogP contribution is 2.40. The maximum absolute atomic E-state index is 14.3. The summed E-state index contributed by atoms with van der Waals surface area (Å²) in [4.78, 5) is 6.97. The number of nitrogens with zero attached hydrogens (tertiary/aromatic N) is 3. The maximum Gasteiger partial charge on any atom is 0.128 e. The molecule has 0 amide bonds. The molecular formula is C39H25F2N3. The van der Waals surface area contributed by atoms with Crippen LogP contribution < -0.4 is 4.90 Å². The van der Waals surface area contributed by atoms with Gasteiger partial charge in [-0.3, -0.25) is 4.98 Å². The average Bonchev–Trinajstić information content (AvgIpc) is 3.40. The van der Waals surface area contributed by atoms with E-state index in [1.54, 1.807) is 0 Å². The minimum atomic E-state index is -0.604. The molecule has 3 nitrogen and oxygen atoms in total. The van der Waals surface area contributed by atoms with Crippen molar-refractivity contribution >= 4 is 61.8 Å². The Bertz CT molecular complexity index is 2230. The van der Waals surface area contributed by atoms with E-state index >= 15 is 0 Å². The molecule has 6 aromatic carbocycles. The van der Waals surface area contributed by atoms with Gasteiger partial charge >= 0.3 is 0 Å². The lowest BCUT2D eigenvalue weighted by molar-refractivity contribution is 0.582. The largest absolute Gasteiger partial charge is 0.309 e. The third-order valence-electron chi connectivity index (χ3n) is 8.09. The van der Waals surface area contributed by atoms with Crippen LogP contribution in [-0.2, 0) is 0 Å². The molecule has 0 aliphatic rings. The second-order valence-corrected chi connectivity index (χ2v) is 10.8. The lowest BCUT2D eigenvalue weighted by Crippen LogP contribution is -2.09. The highest BCUT2D eigenvalue weighted by atomic mass is 19.1. The third-order valence-corrected chi connectivity index (χ3v) is 8.09. The molecule has 0 radical (unpaired) electrons. The molecule has 44 heavy (non-hydrogen) atoms. The van der Waals surface area contributed by atoms with Crippen molar-refractivity contribution in [1.29, 1.82) is 0 Å². The van der Waals surface area contributed by atoms with Crippen LogP contribution in [0.25, 0.3) is 50.4 Å². The summed E-state index contributed by atoms with van der Waals surface area (Å²) >= 11 is 0. The van der Waals surface area contributed by atoms with Gasteiger partial charge in [-0.25, -0.2) is 8.78 Å². The van der Waals surface area contributed by atoms with Crippen molar-refractivity contribution in [3.63, 3.8) is 0 Å². The number of anilines is 3. The first-order chi connectivity index (χ1) is 21.6. The molecule has 0 spiro atoms. The summed E-state index contributed by atoms with van der Waals surface area (Å²) < 4.78 is 30.5. The van der Waals surface area contributed by atoms with Crippen LogP contribution in [-0.4, -0.2) is 9.55 Å². The predicted molar refractivity (Wildman–Crippen MR) is 177 cm³/mol. The normalized spacial score (nSPS) is 11.8. The van der Waals surface area contributed by atoms with Crippen LogP contribution >= 0.6 is 0 Å². The molecule has 2 aromatic heterocycles. The molecule has 0 unspecified atom stereocenters. The molecule has 8 rings (SSSR count). The quantitative estimate of drug-likeness (QED) is 0.185. The van der Waals surface area contributed by atoms with E-state index < -0.39 is 11.6 Å². The number of rotatable bonds is 6. The van der Waals surface area contributed by atoms with Gasteiger partial charge < -0.3 is 9.47 Å². The van der Waals surface area contributed by atoms with Crippen molar-refractivity contribution in [1.82, 2.24) is 9.55 Å². The van der Waals surface area contributed by atoms with Gasteiger partial charge in [-0.2, -0.15) is 0 Å². The van der Waals surface area contributed by atoms with E-state index in [1.807, 2.05) is 77.5 Å². The molecule has 210 valence electrons. The molecular weight excluding hydrogens is 548 g/mol. The standard InChI is InChI=1S/C39H25F2N3/c40-28-22-29(41)24-34(23-28)44-36-13-7-8-27-15-20-35-26(16-21-37(44)39(35)38(27)36)14-17-30-18-19-33(25-42-30)43(31-9-3-1-4-10-31)32-11-5-2-6-12-32/h1-25H. The number of para-hydroxylation sites is 2. The van der Waals surface area contributed by atoms with Gasteiger partial charge in [-0.1, -0.05) is 72.8 Å². The van der Waals surface area contributed by atoms with Gasteiger partial charge in [-0.05, 0) is 83.1 Å². The van der Waals surface area contributed by atoms with Crippen LogP contribution in [0.1, 0.15) is 11.3 Å². The Morgan fingerprint density at radius 3 is 1.95 bits per heavy atom. The van der Waals surface area contributed by atoms with Crippen molar-refractivity contribution in [2.24, 2.45) is 0 Å². The molecule has 8 aromatic rings. The highest BCUT2D eigenvalue weighted by molar-refractivity contribution is 6.25. The van der Waals surface area contributed by atoms with Gasteiger partial charge in [0.15, 0.2) is 0 Å². The maximum atomic E-state index is 14.3. The minimum Gasteiger partial charge on any atom is -0.309 e. The monoisotopic (exact) mass is 573 g/mol. The van der Waals surface area contributed by atoms with E-state index in [-0.39, 0.29) is 0 Å². The van der Waals surface area contributed by atoms with Gasteiger partial charge in [0.2, 0.25) is 0 Å². The minimum absolute atomic E-state index is 0.458. The first kappa shape index (κ1) is 25.9. The smallest absolute Gasteiger partial charge is 0.128 e. The summed E-state index contributed by atoms with van der Waals surface area (Å²) in [6.07, 6.45) is 5.98. The topological polar surface area (TPSA) is 21.1 Å². The lowest BCUT2D eigenvalue weighted by atomic mass is 9.98. The molecule has 5 heteroatoms. The lowest BCUT2D eigenvalue weighted by Gasteiger charge is -2.25. The molecule has 2 heterocycles. The van der Waals surface area contributed by atoms with E-state index in [0.717, 1.165) is 67.0 Å². The van der Waals surface area contributed by atoms with Crippen LogP contribution in [0.2, 0.25) is 0 Å². The summed E-state index contributed by atoms with van der Waals surface area (Å²) in [6, 6.07) is 42.6. The highest BCUT2D eigenvalue weighted by Gasteiger charge is 2.18. The van der Waals surface area contributed by atoms with Crippen LogP contribution in [0.5, 0.6) is 0 Å². The molecule has 0 saturated carbocycles. The summed E-state index contributed by atoms with van der Waals surface area (Å²) in [6.45, 7) is 0. The number of benzene rings is 6. The zero-order valence-corrected chi connectivity index (χ0v) is 23.5. The number of pyridine rings is 1. The first-order valence-electron chi connectivity index (χ1n) is 14.4. The van der Waals surface area contributed by atoms with Crippen LogP contribution in [0, 0.1) is 11.6 Å².